The summed E-state index contributed by atoms with van der Waals surface area (Å²) in [5, 5.41) is 7.30. The average Bonchev–Trinajstić information content (AvgIpc) is 3.35. The number of carbonyl (C=O) groups excluding carboxylic acids is 2. The van der Waals surface area contributed by atoms with E-state index in [-0.39, 0.29) is 18.4 Å². The predicted molar refractivity (Wildman–Crippen MR) is 168 cm³/mol. The Morgan fingerprint density at radius 1 is 0.786 bits per heavy atom. The fourth-order valence-corrected chi connectivity index (χ4v) is 6.35. The van der Waals surface area contributed by atoms with E-state index in [9.17, 15) is 9.59 Å². The highest BCUT2D eigenvalue weighted by molar-refractivity contribution is 6.01. The van der Waals surface area contributed by atoms with Gasteiger partial charge in [-0.1, -0.05) is 67.8 Å². The van der Waals surface area contributed by atoms with Gasteiger partial charge in [0.2, 0.25) is 5.91 Å². The molecule has 4 aromatic rings. The molecular weight excluding hydrogens is 522 g/mol. The van der Waals surface area contributed by atoms with Crippen molar-refractivity contribution < 1.29 is 14.3 Å². The van der Waals surface area contributed by atoms with Gasteiger partial charge in [-0.25, -0.2) is 0 Å². The second-order valence-electron chi connectivity index (χ2n) is 11.4. The van der Waals surface area contributed by atoms with Gasteiger partial charge in [0.05, 0.1) is 11.2 Å². The fraction of sp³-hybridized carbons (Fsp3) is 0.333. The number of hydrogen-bond donors (Lipinski definition) is 2. The van der Waals surface area contributed by atoms with E-state index in [0.29, 0.717) is 31.2 Å². The number of aromatic nitrogens is 1. The van der Waals surface area contributed by atoms with Crippen LogP contribution in [0.5, 0.6) is 5.75 Å². The first-order valence-electron chi connectivity index (χ1n) is 15.3. The molecule has 6 heteroatoms. The van der Waals surface area contributed by atoms with Crippen LogP contribution in [0.15, 0.2) is 84.9 Å². The molecule has 42 heavy (non-hydrogen) atoms. The highest BCUT2D eigenvalue weighted by atomic mass is 16.5. The smallest absolute Gasteiger partial charge is 0.251 e. The lowest BCUT2D eigenvalue weighted by Gasteiger charge is -2.24. The first kappa shape index (κ1) is 27.8. The van der Waals surface area contributed by atoms with Gasteiger partial charge in [-0.3, -0.25) is 9.59 Å². The molecule has 216 valence electrons. The van der Waals surface area contributed by atoms with Crippen molar-refractivity contribution in [1.82, 2.24) is 15.2 Å². The van der Waals surface area contributed by atoms with Gasteiger partial charge >= 0.3 is 0 Å². The second-order valence-corrected chi connectivity index (χ2v) is 11.4. The Morgan fingerprint density at radius 2 is 1.50 bits per heavy atom. The van der Waals surface area contributed by atoms with Crippen LogP contribution < -0.4 is 15.4 Å². The van der Waals surface area contributed by atoms with Crippen molar-refractivity contribution in [2.45, 2.75) is 64.0 Å². The SMILES string of the molecule is O=C1Cn2c(-c3ccc(OCc4ccccc4)cc3)c(C3CCCCC3)c3ccc(cc32)C(=O)NCC/C=C\CCN1. The highest BCUT2D eigenvalue weighted by Gasteiger charge is 2.28. The molecule has 1 aliphatic heterocycles. The maximum absolute atomic E-state index is 13.3. The first-order chi connectivity index (χ1) is 20.7. The van der Waals surface area contributed by atoms with Gasteiger partial charge in [0.25, 0.3) is 5.91 Å². The third-order valence-electron chi connectivity index (χ3n) is 8.45. The van der Waals surface area contributed by atoms with E-state index in [1.165, 1.54) is 24.8 Å². The molecule has 0 radical (unpaired) electrons. The number of fused-ring (bicyclic) bond motifs is 1. The summed E-state index contributed by atoms with van der Waals surface area (Å²) >= 11 is 0. The van der Waals surface area contributed by atoms with Crippen molar-refractivity contribution >= 4 is 22.7 Å². The van der Waals surface area contributed by atoms with E-state index in [0.717, 1.165) is 59.2 Å². The molecule has 0 atom stereocenters. The quantitative estimate of drug-likeness (QED) is 0.255. The number of rotatable bonds is 5. The van der Waals surface area contributed by atoms with Crippen LogP contribution in [0, 0.1) is 0 Å². The Balaban J connectivity index is 1.44. The molecule has 1 saturated carbocycles. The molecule has 3 aromatic carbocycles. The van der Waals surface area contributed by atoms with E-state index in [1.807, 2.05) is 42.5 Å². The second kappa shape index (κ2) is 13.1. The Kier molecular flexibility index (Phi) is 8.69. The molecule has 2 bridgehead atoms. The van der Waals surface area contributed by atoms with E-state index in [4.69, 9.17) is 4.74 Å². The minimum Gasteiger partial charge on any atom is -0.489 e. The highest BCUT2D eigenvalue weighted by Crippen LogP contribution is 2.44. The van der Waals surface area contributed by atoms with E-state index in [1.54, 1.807) is 0 Å². The van der Waals surface area contributed by atoms with Crippen molar-refractivity contribution in [2.75, 3.05) is 13.1 Å². The standard InChI is InChI=1S/C36H39N3O3/c40-33-24-39-32-23-29(36(41)38-22-10-2-1-9-21-37-33)17-20-31(32)34(27-13-7-4-8-14-27)35(39)28-15-18-30(19-16-28)42-25-26-11-5-3-6-12-26/h1-3,5-6,11-12,15-20,23,27H,4,7-10,13-14,21-22,24-25H2,(H,37,40)(H,38,41)/b2-1-. The van der Waals surface area contributed by atoms with Crippen LogP contribution >= 0.6 is 0 Å². The zero-order valence-corrected chi connectivity index (χ0v) is 24.1. The van der Waals surface area contributed by atoms with Crippen molar-refractivity contribution in [1.29, 1.82) is 0 Å². The number of hydrogen-bond acceptors (Lipinski definition) is 3. The summed E-state index contributed by atoms with van der Waals surface area (Å²) in [5.41, 5.74) is 6.10. The molecule has 0 saturated heterocycles. The van der Waals surface area contributed by atoms with Gasteiger partial charge < -0.3 is 19.9 Å². The molecule has 1 fully saturated rings. The lowest BCUT2D eigenvalue weighted by atomic mass is 9.81. The van der Waals surface area contributed by atoms with Crippen molar-refractivity contribution in [2.24, 2.45) is 0 Å². The van der Waals surface area contributed by atoms with Crippen LogP contribution in [0.1, 0.15) is 72.3 Å². The first-order valence-corrected chi connectivity index (χ1v) is 15.3. The molecular formula is C36H39N3O3. The topological polar surface area (TPSA) is 72.4 Å². The van der Waals surface area contributed by atoms with Crippen LogP contribution in [-0.4, -0.2) is 29.5 Å². The summed E-state index contributed by atoms with van der Waals surface area (Å²) in [6, 6.07) is 24.4. The van der Waals surface area contributed by atoms with Crippen LogP contribution in [0.25, 0.3) is 22.2 Å². The van der Waals surface area contributed by atoms with E-state index in [2.05, 4.69) is 57.7 Å². The minimum atomic E-state index is -0.0851. The lowest BCUT2D eigenvalue weighted by Crippen LogP contribution is -2.28. The van der Waals surface area contributed by atoms with Crippen LogP contribution in [0.4, 0.5) is 0 Å². The molecule has 1 aromatic heterocycles. The van der Waals surface area contributed by atoms with Crippen molar-refractivity contribution in [3.63, 3.8) is 0 Å². The average molecular weight is 562 g/mol. The molecule has 6 rings (SSSR count). The predicted octanol–water partition coefficient (Wildman–Crippen LogP) is 7.13. The van der Waals surface area contributed by atoms with E-state index < -0.39 is 0 Å². The molecule has 0 unspecified atom stereocenters. The molecule has 6 nitrogen and oxygen atoms in total. The maximum atomic E-state index is 13.3. The van der Waals surface area contributed by atoms with Crippen molar-refractivity contribution in [3.05, 3.63) is 102 Å². The number of ether oxygens (including phenoxy) is 1. The van der Waals surface area contributed by atoms with Gasteiger partial charge in [0.15, 0.2) is 0 Å². The number of nitrogens with one attached hydrogen (secondary N) is 2. The van der Waals surface area contributed by atoms with Crippen molar-refractivity contribution in [3.8, 4) is 17.0 Å². The summed E-state index contributed by atoms with van der Waals surface area (Å²) < 4.78 is 8.23. The van der Waals surface area contributed by atoms with E-state index >= 15 is 0 Å². The van der Waals surface area contributed by atoms with Gasteiger partial charge in [0, 0.05) is 24.0 Å². The Hall–Kier alpha value is -4.32. The zero-order chi connectivity index (χ0) is 28.7. The largest absolute Gasteiger partial charge is 0.489 e. The zero-order valence-electron chi connectivity index (χ0n) is 24.1. The molecule has 2 heterocycles. The normalized spacial score (nSPS) is 17.7. The van der Waals surface area contributed by atoms with Gasteiger partial charge in [-0.15, -0.1) is 0 Å². The maximum Gasteiger partial charge on any atom is 0.251 e. The Labute approximate surface area is 247 Å². The van der Waals surface area contributed by atoms with Gasteiger partial charge in [0.1, 0.15) is 18.9 Å². The number of amides is 2. The van der Waals surface area contributed by atoms with Crippen LogP contribution in [0.2, 0.25) is 0 Å². The third kappa shape index (κ3) is 6.28. The number of nitrogens with zero attached hydrogens (tertiary/aromatic N) is 1. The number of carbonyl (C=O) groups is 2. The van der Waals surface area contributed by atoms with Gasteiger partial charge in [-0.05, 0) is 84.7 Å². The Morgan fingerprint density at radius 3 is 2.26 bits per heavy atom. The summed E-state index contributed by atoms with van der Waals surface area (Å²) in [5.74, 6) is 1.10. The molecule has 2 N–H and O–H groups in total. The minimum absolute atomic E-state index is 0.0238. The van der Waals surface area contributed by atoms with Crippen LogP contribution in [0.3, 0.4) is 0 Å². The molecule has 0 spiro atoms. The molecule has 2 aliphatic rings. The summed E-state index contributed by atoms with van der Waals surface area (Å²) in [6.45, 7) is 1.87. The fourth-order valence-electron chi connectivity index (χ4n) is 6.35. The lowest BCUT2D eigenvalue weighted by molar-refractivity contribution is -0.121. The number of benzene rings is 3. The molecule has 2 amide bonds. The summed E-state index contributed by atoms with van der Waals surface area (Å²) in [7, 11) is 0. The molecule has 1 aliphatic carbocycles. The third-order valence-corrected chi connectivity index (χ3v) is 8.45. The summed E-state index contributed by atoms with van der Waals surface area (Å²) in [6.07, 6.45) is 11.6. The summed E-state index contributed by atoms with van der Waals surface area (Å²) in [4.78, 5) is 26.4. The monoisotopic (exact) mass is 561 g/mol. The van der Waals surface area contributed by atoms with Crippen LogP contribution in [-0.2, 0) is 17.9 Å². The van der Waals surface area contributed by atoms with Gasteiger partial charge in [-0.2, -0.15) is 0 Å². The Bertz CT molecular complexity index is 1560.